The Hall–Kier alpha value is -1.86. The van der Waals surface area contributed by atoms with Crippen molar-refractivity contribution in [1.29, 1.82) is 0 Å². The molecule has 0 aliphatic rings. The molecule has 0 fully saturated rings. The first kappa shape index (κ1) is 14.5. The first-order valence-corrected chi connectivity index (χ1v) is 7.04. The molecule has 2 aromatic rings. The van der Waals surface area contributed by atoms with Gasteiger partial charge in [0.25, 0.3) is 0 Å². The van der Waals surface area contributed by atoms with Crippen LogP contribution >= 0.6 is 11.3 Å². The van der Waals surface area contributed by atoms with Crippen molar-refractivity contribution in [1.82, 2.24) is 15.6 Å². The number of hydrogen-bond donors (Lipinski definition) is 3. The van der Waals surface area contributed by atoms with Gasteiger partial charge in [-0.2, -0.15) is 0 Å². The zero-order valence-corrected chi connectivity index (χ0v) is 12.2. The first-order valence-electron chi connectivity index (χ1n) is 6.16. The Labute approximate surface area is 120 Å². The van der Waals surface area contributed by atoms with Crippen LogP contribution in [0.25, 0.3) is 0 Å². The van der Waals surface area contributed by atoms with Crippen LogP contribution < -0.4 is 10.6 Å². The highest BCUT2D eigenvalue weighted by Gasteiger charge is 2.24. The number of aryl methyl sites for hydroxylation is 1. The summed E-state index contributed by atoms with van der Waals surface area (Å²) in [5, 5.41) is 17.5. The van der Waals surface area contributed by atoms with Crippen LogP contribution in [-0.2, 0) is 12.1 Å². The summed E-state index contributed by atoms with van der Waals surface area (Å²) < 4.78 is 5.04. The van der Waals surface area contributed by atoms with Crippen LogP contribution in [0.4, 0.5) is 4.79 Å². The molecular weight excluding hydrogens is 278 g/mol. The molecule has 2 aromatic heterocycles. The van der Waals surface area contributed by atoms with Gasteiger partial charge in [0.2, 0.25) is 0 Å². The predicted octanol–water partition coefficient (Wildman–Crippen LogP) is 1.75. The van der Waals surface area contributed by atoms with E-state index < -0.39 is 5.60 Å². The van der Waals surface area contributed by atoms with E-state index in [9.17, 15) is 9.90 Å². The number of thiophene rings is 1. The molecule has 7 heteroatoms. The summed E-state index contributed by atoms with van der Waals surface area (Å²) in [7, 11) is 0. The van der Waals surface area contributed by atoms with Crippen LogP contribution in [0.1, 0.15) is 23.3 Å². The van der Waals surface area contributed by atoms with Crippen LogP contribution in [0.5, 0.6) is 0 Å². The van der Waals surface area contributed by atoms with Gasteiger partial charge >= 0.3 is 6.03 Å². The van der Waals surface area contributed by atoms with Crippen LogP contribution in [-0.4, -0.2) is 22.7 Å². The molecule has 0 saturated heterocycles. The molecule has 1 unspecified atom stereocenters. The number of aliphatic hydroxyl groups is 1. The molecule has 0 bridgehead atoms. The molecule has 1 atom stereocenters. The molecule has 0 aliphatic heterocycles. The lowest BCUT2D eigenvalue weighted by atomic mass is 10.1. The molecule has 6 nitrogen and oxygen atoms in total. The van der Waals surface area contributed by atoms with E-state index in [-0.39, 0.29) is 19.1 Å². The maximum absolute atomic E-state index is 11.7. The number of carbonyl (C=O) groups excluding carboxylic acids is 1. The van der Waals surface area contributed by atoms with Crippen molar-refractivity contribution in [2.24, 2.45) is 0 Å². The molecule has 20 heavy (non-hydrogen) atoms. The third-order valence-electron chi connectivity index (χ3n) is 2.91. The standard InChI is InChI=1S/C13H17N3O3S/c1-9-10(16-8-19-9)6-14-12(17)15-7-13(2,18)11-4-3-5-20-11/h3-5,8,18H,6-7H2,1-2H3,(H2,14,15,17). The molecule has 108 valence electrons. The summed E-state index contributed by atoms with van der Waals surface area (Å²) in [4.78, 5) is 16.5. The van der Waals surface area contributed by atoms with Crippen molar-refractivity contribution in [3.05, 3.63) is 40.2 Å². The Balaban J connectivity index is 1.79. The summed E-state index contributed by atoms with van der Waals surface area (Å²) in [6, 6.07) is 3.34. The summed E-state index contributed by atoms with van der Waals surface area (Å²) in [5.74, 6) is 0.677. The molecule has 2 rings (SSSR count). The van der Waals surface area contributed by atoms with Crippen LogP contribution in [0.15, 0.2) is 28.3 Å². The lowest BCUT2D eigenvalue weighted by Crippen LogP contribution is -2.43. The highest BCUT2D eigenvalue weighted by Crippen LogP contribution is 2.24. The number of nitrogens with one attached hydrogen (secondary N) is 2. The van der Waals surface area contributed by atoms with E-state index in [2.05, 4.69) is 15.6 Å². The second-order valence-electron chi connectivity index (χ2n) is 4.64. The predicted molar refractivity (Wildman–Crippen MR) is 75.4 cm³/mol. The van der Waals surface area contributed by atoms with Crippen molar-refractivity contribution in [2.45, 2.75) is 26.0 Å². The number of carbonyl (C=O) groups is 1. The monoisotopic (exact) mass is 295 g/mol. The van der Waals surface area contributed by atoms with E-state index in [1.165, 1.54) is 17.7 Å². The largest absolute Gasteiger partial charge is 0.448 e. The number of amides is 2. The van der Waals surface area contributed by atoms with Crippen molar-refractivity contribution >= 4 is 17.4 Å². The Morgan fingerprint density at radius 3 is 2.95 bits per heavy atom. The summed E-state index contributed by atoms with van der Waals surface area (Å²) >= 11 is 1.45. The van der Waals surface area contributed by atoms with Crippen molar-refractivity contribution in [3.8, 4) is 0 Å². The van der Waals surface area contributed by atoms with E-state index in [1.54, 1.807) is 13.8 Å². The Kier molecular flexibility index (Phi) is 4.41. The van der Waals surface area contributed by atoms with Gasteiger partial charge in [0.05, 0.1) is 13.1 Å². The van der Waals surface area contributed by atoms with Crippen LogP contribution in [0.3, 0.4) is 0 Å². The van der Waals surface area contributed by atoms with Gasteiger partial charge in [-0.15, -0.1) is 11.3 Å². The molecule has 2 amide bonds. The quantitative estimate of drug-likeness (QED) is 0.784. The summed E-state index contributed by atoms with van der Waals surface area (Å²) in [6.45, 7) is 3.87. The highest BCUT2D eigenvalue weighted by molar-refractivity contribution is 7.10. The smallest absolute Gasteiger partial charge is 0.315 e. The molecule has 0 aliphatic carbocycles. The van der Waals surface area contributed by atoms with E-state index in [0.717, 1.165) is 4.88 Å². The minimum atomic E-state index is -1.07. The summed E-state index contributed by atoms with van der Waals surface area (Å²) in [6.07, 6.45) is 1.34. The van der Waals surface area contributed by atoms with Gasteiger partial charge in [-0.05, 0) is 25.3 Å². The van der Waals surface area contributed by atoms with Gasteiger partial charge in [0.1, 0.15) is 17.1 Å². The van der Waals surface area contributed by atoms with E-state index in [4.69, 9.17) is 4.42 Å². The molecule has 0 radical (unpaired) electrons. The normalized spacial score (nSPS) is 13.8. The molecule has 0 aromatic carbocycles. The number of urea groups is 1. The molecule has 2 heterocycles. The van der Waals surface area contributed by atoms with Gasteiger partial charge in [-0.25, -0.2) is 9.78 Å². The fourth-order valence-corrected chi connectivity index (χ4v) is 2.44. The molecule has 0 spiro atoms. The van der Waals surface area contributed by atoms with Crippen LogP contribution in [0, 0.1) is 6.92 Å². The van der Waals surface area contributed by atoms with Gasteiger partial charge < -0.3 is 20.2 Å². The minimum Gasteiger partial charge on any atom is -0.448 e. The third-order valence-corrected chi connectivity index (χ3v) is 4.03. The lowest BCUT2D eigenvalue weighted by Gasteiger charge is -2.22. The van der Waals surface area contributed by atoms with Crippen LogP contribution in [0.2, 0.25) is 0 Å². The maximum Gasteiger partial charge on any atom is 0.315 e. The second kappa shape index (κ2) is 6.06. The molecule has 0 saturated carbocycles. The average molecular weight is 295 g/mol. The molecular formula is C13H17N3O3S. The fraction of sp³-hybridized carbons (Fsp3) is 0.385. The van der Waals surface area contributed by atoms with Crippen molar-refractivity contribution in [3.63, 3.8) is 0 Å². The fourth-order valence-electron chi connectivity index (χ4n) is 1.65. The van der Waals surface area contributed by atoms with Gasteiger partial charge in [-0.3, -0.25) is 0 Å². The number of oxazole rings is 1. The zero-order chi connectivity index (χ0) is 14.6. The zero-order valence-electron chi connectivity index (χ0n) is 11.3. The lowest BCUT2D eigenvalue weighted by molar-refractivity contribution is 0.0631. The van der Waals surface area contributed by atoms with Gasteiger partial charge in [0, 0.05) is 4.88 Å². The minimum absolute atomic E-state index is 0.136. The second-order valence-corrected chi connectivity index (χ2v) is 5.59. The average Bonchev–Trinajstić information content (AvgIpc) is 3.05. The number of rotatable bonds is 5. The Morgan fingerprint density at radius 1 is 1.55 bits per heavy atom. The number of aromatic nitrogens is 1. The third kappa shape index (κ3) is 3.58. The van der Waals surface area contributed by atoms with Gasteiger partial charge in [-0.1, -0.05) is 6.07 Å². The Morgan fingerprint density at radius 2 is 2.35 bits per heavy atom. The Bertz CT molecular complexity index is 563. The van der Waals surface area contributed by atoms with E-state index in [0.29, 0.717) is 11.5 Å². The highest BCUT2D eigenvalue weighted by atomic mass is 32.1. The van der Waals surface area contributed by atoms with E-state index >= 15 is 0 Å². The topological polar surface area (TPSA) is 87.4 Å². The molecule has 3 N–H and O–H groups in total. The summed E-state index contributed by atoms with van der Waals surface area (Å²) in [5.41, 5.74) is -0.389. The first-order chi connectivity index (χ1) is 9.49. The number of hydrogen-bond acceptors (Lipinski definition) is 5. The van der Waals surface area contributed by atoms with Crippen molar-refractivity contribution < 1.29 is 14.3 Å². The maximum atomic E-state index is 11.7. The van der Waals surface area contributed by atoms with Gasteiger partial charge in [0.15, 0.2) is 6.39 Å². The SMILES string of the molecule is Cc1ocnc1CNC(=O)NCC(C)(O)c1cccs1. The van der Waals surface area contributed by atoms with Crippen molar-refractivity contribution in [2.75, 3.05) is 6.54 Å². The number of nitrogens with zero attached hydrogens (tertiary/aromatic N) is 1. The van der Waals surface area contributed by atoms with E-state index in [1.807, 2.05) is 17.5 Å².